The van der Waals surface area contributed by atoms with Crippen molar-refractivity contribution in [3.05, 3.63) is 29.3 Å². The summed E-state index contributed by atoms with van der Waals surface area (Å²) in [6, 6.07) is 5.87. The first-order chi connectivity index (χ1) is 7.00. The first-order valence-corrected chi connectivity index (χ1v) is 4.95. The minimum Gasteiger partial charge on any atom is -0.490 e. The van der Waals surface area contributed by atoms with Crippen LogP contribution in [0.4, 0.5) is 0 Å². The first kappa shape index (κ1) is 11.6. The quantitative estimate of drug-likeness (QED) is 0.827. The minimum absolute atomic E-state index is 0.0216. The zero-order valence-corrected chi connectivity index (χ0v) is 9.28. The largest absolute Gasteiger partial charge is 0.490 e. The summed E-state index contributed by atoms with van der Waals surface area (Å²) in [6.45, 7) is 5.67. The molecule has 0 aliphatic heterocycles. The van der Waals surface area contributed by atoms with Crippen LogP contribution < -0.4 is 4.74 Å². The number of hydrogen-bond acceptors (Lipinski definition) is 2. The number of rotatable bonds is 4. The van der Waals surface area contributed by atoms with Crippen LogP contribution in [0.3, 0.4) is 0 Å². The third kappa shape index (κ3) is 3.27. The lowest BCUT2D eigenvalue weighted by Crippen LogP contribution is -2.17. The van der Waals surface area contributed by atoms with Gasteiger partial charge >= 0.3 is 5.97 Å². The third-order valence-electron chi connectivity index (χ3n) is 2.19. The molecule has 0 radical (unpaired) electrons. The van der Waals surface area contributed by atoms with E-state index in [1.165, 1.54) is 0 Å². The van der Waals surface area contributed by atoms with Crippen LogP contribution in [-0.2, 0) is 4.79 Å². The fourth-order valence-electron chi connectivity index (χ4n) is 1.47. The van der Waals surface area contributed by atoms with Gasteiger partial charge in [0.15, 0.2) is 0 Å². The van der Waals surface area contributed by atoms with Gasteiger partial charge in [-0.15, -0.1) is 0 Å². The Morgan fingerprint density at radius 2 is 1.93 bits per heavy atom. The second-order valence-corrected chi connectivity index (χ2v) is 3.75. The molecule has 0 heterocycles. The van der Waals surface area contributed by atoms with Crippen molar-refractivity contribution in [3.8, 4) is 5.75 Å². The number of ether oxygens (including phenoxy) is 1. The number of carboxylic acids is 1. The first-order valence-electron chi connectivity index (χ1n) is 4.95. The van der Waals surface area contributed by atoms with Crippen LogP contribution in [-0.4, -0.2) is 17.2 Å². The molecule has 0 bridgehead atoms. The molecule has 1 aromatic rings. The lowest BCUT2D eigenvalue weighted by atomic mass is 10.1. The highest BCUT2D eigenvalue weighted by Crippen LogP contribution is 2.23. The van der Waals surface area contributed by atoms with Gasteiger partial charge in [-0.05, 0) is 31.9 Å². The van der Waals surface area contributed by atoms with Crippen LogP contribution in [0.1, 0.15) is 24.5 Å². The highest BCUT2D eigenvalue weighted by molar-refractivity contribution is 5.67. The van der Waals surface area contributed by atoms with Crippen LogP contribution in [0, 0.1) is 13.8 Å². The molecule has 0 amide bonds. The molecule has 0 spiro atoms. The summed E-state index contributed by atoms with van der Waals surface area (Å²) in [4.78, 5) is 10.5. The monoisotopic (exact) mass is 208 g/mol. The smallest absolute Gasteiger partial charge is 0.307 e. The molecule has 1 rings (SSSR count). The molecule has 0 saturated heterocycles. The number of carboxylic acid groups (broad SMARTS) is 1. The summed E-state index contributed by atoms with van der Waals surface area (Å²) >= 11 is 0. The molecule has 1 N–H and O–H groups in total. The molecule has 3 heteroatoms. The summed E-state index contributed by atoms with van der Waals surface area (Å²) in [5.41, 5.74) is 2.07. The van der Waals surface area contributed by atoms with Crippen molar-refractivity contribution in [1.82, 2.24) is 0 Å². The van der Waals surface area contributed by atoms with Crippen LogP contribution in [0.25, 0.3) is 0 Å². The van der Waals surface area contributed by atoms with Crippen LogP contribution in [0.5, 0.6) is 5.75 Å². The number of aryl methyl sites for hydroxylation is 2. The fraction of sp³-hybridized carbons (Fsp3) is 0.417. The van der Waals surface area contributed by atoms with Gasteiger partial charge in [0.05, 0.1) is 6.42 Å². The number of hydrogen-bond donors (Lipinski definition) is 1. The Kier molecular flexibility index (Phi) is 3.72. The molecular formula is C12H16O3. The Morgan fingerprint density at radius 3 is 2.40 bits per heavy atom. The molecule has 1 atom stereocenters. The van der Waals surface area contributed by atoms with E-state index >= 15 is 0 Å². The van der Waals surface area contributed by atoms with Gasteiger partial charge in [0.2, 0.25) is 0 Å². The molecule has 0 fully saturated rings. The second kappa shape index (κ2) is 4.82. The van der Waals surface area contributed by atoms with Gasteiger partial charge in [-0.3, -0.25) is 4.79 Å². The summed E-state index contributed by atoms with van der Waals surface area (Å²) < 4.78 is 5.61. The van der Waals surface area contributed by atoms with Crippen molar-refractivity contribution < 1.29 is 14.6 Å². The number of carbonyl (C=O) groups is 1. The summed E-state index contributed by atoms with van der Waals surface area (Å²) in [5, 5.41) is 8.62. The molecule has 0 saturated carbocycles. The Hall–Kier alpha value is -1.51. The number of para-hydroxylation sites is 1. The number of benzene rings is 1. The normalized spacial score (nSPS) is 12.2. The van der Waals surface area contributed by atoms with Gasteiger partial charge in [0.1, 0.15) is 11.9 Å². The summed E-state index contributed by atoms with van der Waals surface area (Å²) in [5.74, 6) is -0.0417. The van der Waals surface area contributed by atoms with E-state index in [0.29, 0.717) is 0 Å². The summed E-state index contributed by atoms with van der Waals surface area (Å²) in [7, 11) is 0. The van der Waals surface area contributed by atoms with Crippen molar-refractivity contribution >= 4 is 5.97 Å². The standard InChI is InChI=1S/C12H16O3/c1-8-5-4-6-9(2)12(8)15-10(3)7-11(13)14/h4-6,10H,7H2,1-3H3,(H,13,14)/t10-/m1/s1. The van der Waals surface area contributed by atoms with Crippen LogP contribution >= 0.6 is 0 Å². The lowest BCUT2D eigenvalue weighted by molar-refractivity contribution is -0.138. The average Bonchev–Trinajstić information content (AvgIpc) is 2.10. The molecule has 0 aliphatic rings. The van der Waals surface area contributed by atoms with Gasteiger partial charge in [-0.1, -0.05) is 18.2 Å². The van der Waals surface area contributed by atoms with Gasteiger partial charge in [-0.25, -0.2) is 0 Å². The SMILES string of the molecule is Cc1cccc(C)c1O[C@H](C)CC(=O)O. The maximum absolute atomic E-state index is 10.5. The maximum atomic E-state index is 10.5. The van der Waals surface area contributed by atoms with E-state index in [-0.39, 0.29) is 12.5 Å². The average molecular weight is 208 g/mol. The van der Waals surface area contributed by atoms with Crippen LogP contribution in [0.15, 0.2) is 18.2 Å². The minimum atomic E-state index is -0.839. The molecule has 0 unspecified atom stereocenters. The van der Waals surface area contributed by atoms with Crippen molar-refractivity contribution in [2.24, 2.45) is 0 Å². The molecule has 1 aromatic carbocycles. The van der Waals surface area contributed by atoms with Gasteiger partial charge in [0, 0.05) is 0 Å². The molecule has 15 heavy (non-hydrogen) atoms. The predicted octanol–water partition coefficient (Wildman–Crippen LogP) is 2.55. The Morgan fingerprint density at radius 1 is 1.40 bits per heavy atom. The molecular weight excluding hydrogens is 192 g/mol. The Balaban J connectivity index is 2.76. The van der Waals surface area contributed by atoms with E-state index in [4.69, 9.17) is 9.84 Å². The third-order valence-corrected chi connectivity index (χ3v) is 2.19. The molecule has 82 valence electrons. The highest BCUT2D eigenvalue weighted by Gasteiger charge is 2.11. The maximum Gasteiger partial charge on any atom is 0.307 e. The molecule has 0 aliphatic carbocycles. The topological polar surface area (TPSA) is 46.5 Å². The van der Waals surface area contributed by atoms with E-state index in [0.717, 1.165) is 16.9 Å². The van der Waals surface area contributed by atoms with Crippen molar-refractivity contribution in [2.45, 2.75) is 33.3 Å². The lowest BCUT2D eigenvalue weighted by Gasteiger charge is -2.16. The van der Waals surface area contributed by atoms with E-state index in [1.807, 2.05) is 32.0 Å². The highest BCUT2D eigenvalue weighted by atomic mass is 16.5. The van der Waals surface area contributed by atoms with Crippen molar-refractivity contribution in [1.29, 1.82) is 0 Å². The van der Waals surface area contributed by atoms with Crippen molar-refractivity contribution in [2.75, 3.05) is 0 Å². The summed E-state index contributed by atoms with van der Waals surface area (Å²) in [6.07, 6.45) is -0.282. The molecule has 3 nitrogen and oxygen atoms in total. The van der Waals surface area contributed by atoms with Gasteiger partial charge in [0.25, 0.3) is 0 Å². The second-order valence-electron chi connectivity index (χ2n) is 3.75. The van der Waals surface area contributed by atoms with E-state index in [1.54, 1.807) is 6.92 Å². The van der Waals surface area contributed by atoms with Gasteiger partial charge < -0.3 is 9.84 Å². The Labute approximate surface area is 89.7 Å². The fourth-order valence-corrected chi connectivity index (χ4v) is 1.47. The van der Waals surface area contributed by atoms with E-state index in [2.05, 4.69) is 0 Å². The number of aliphatic carboxylic acids is 1. The van der Waals surface area contributed by atoms with Crippen LogP contribution in [0.2, 0.25) is 0 Å². The zero-order valence-electron chi connectivity index (χ0n) is 9.28. The molecule has 0 aromatic heterocycles. The Bertz CT molecular complexity index is 338. The van der Waals surface area contributed by atoms with E-state index in [9.17, 15) is 4.79 Å². The van der Waals surface area contributed by atoms with E-state index < -0.39 is 5.97 Å². The predicted molar refractivity (Wildman–Crippen MR) is 58.3 cm³/mol. The van der Waals surface area contributed by atoms with Gasteiger partial charge in [-0.2, -0.15) is 0 Å². The van der Waals surface area contributed by atoms with Crippen molar-refractivity contribution in [3.63, 3.8) is 0 Å². The zero-order chi connectivity index (χ0) is 11.4.